The quantitative estimate of drug-likeness (QED) is 0.697. The first kappa shape index (κ1) is 15.7. The molecule has 0 aliphatic rings. The lowest BCUT2D eigenvalue weighted by atomic mass is 10.0. The van der Waals surface area contributed by atoms with Crippen LogP contribution in [0.5, 0.6) is 0 Å². The molecule has 0 spiro atoms. The maximum Gasteiger partial charge on any atom is 0.237 e. The standard InChI is InChI=1S/C15H24N2O2/c1-12(2)17-14(15(18)16-9-10-19-3)11-13-7-5-4-6-8-13/h4-8,12,14,17H,9-11H2,1-3H3,(H,16,18). The molecule has 0 fully saturated rings. The smallest absolute Gasteiger partial charge is 0.237 e. The van der Waals surface area contributed by atoms with Crippen LogP contribution in [-0.2, 0) is 16.0 Å². The Morgan fingerprint density at radius 1 is 1.26 bits per heavy atom. The Bertz CT molecular complexity index is 366. The molecule has 0 saturated heterocycles. The zero-order valence-corrected chi connectivity index (χ0v) is 12.0. The first-order chi connectivity index (χ1) is 9.13. The molecule has 1 aromatic rings. The molecular weight excluding hydrogens is 240 g/mol. The minimum atomic E-state index is -0.209. The molecule has 0 heterocycles. The maximum atomic E-state index is 12.1. The lowest BCUT2D eigenvalue weighted by Crippen LogP contribution is -2.48. The van der Waals surface area contributed by atoms with E-state index >= 15 is 0 Å². The summed E-state index contributed by atoms with van der Waals surface area (Å²) in [6.07, 6.45) is 0.692. The molecule has 0 bridgehead atoms. The van der Waals surface area contributed by atoms with Crippen LogP contribution in [0.15, 0.2) is 30.3 Å². The van der Waals surface area contributed by atoms with E-state index in [0.29, 0.717) is 19.6 Å². The van der Waals surface area contributed by atoms with Gasteiger partial charge in [-0.3, -0.25) is 4.79 Å². The van der Waals surface area contributed by atoms with Gasteiger partial charge in [0.05, 0.1) is 12.6 Å². The van der Waals surface area contributed by atoms with Crippen molar-refractivity contribution >= 4 is 5.91 Å². The van der Waals surface area contributed by atoms with Gasteiger partial charge in [-0.05, 0) is 12.0 Å². The van der Waals surface area contributed by atoms with E-state index in [1.165, 1.54) is 0 Å². The summed E-state index contributed by atoms with van der Waals surface area (Å²) in [5.41, 5.74) is 1.16. The van der Waals surface area contributed by atoms with Crippen LogP contribution in [0.4, 0.5) is 0 Å². The Hall–Kier alpha value is -1.39. The molecule has 0 radical (unpaired) electrons. The van der Waals surface area contributed by atoms with E-state index in [1.54, 1.807) is 7.11 Å². The van der Waals surface area contributed by atoms with Gasteiger partial charge in [0.25, 0.3) is 0 Å². The van der Waals surface area contributed by atoms with Crippen molar-refractivity contribution in [1.29, 1.82) is 0 Å². The van der Waals surface area contributed by atoms with Crippen molar-refractivity contribution in [3.05, 3.63) is 35.9 Å². The van der Waals surface area contributed by atoms with Gasteiger partial charge in [-0.15, -0.1) is 0 Å². The number of carbonyl (C=O) groups excluding carboxylic acids is 1. The predicted octanol–water partition coefficient (Wildman–Crippen LogP) is 1.36. The van der Waals surface area contributed by atoms with Gasteiger partial charge in [-0.25, -0.2) is 0 Å². The zero-order chi connectivity index (χ0) is 14.1. The third-order valence-electron chi connectivity index (χ3n) is 2.74. The third-order valence-corrected chi connectivity index (χ3v) is 2.74. The Kier molecular flexibility index (Phi) is 7.15. The Morgan fingerprint density at radius 2 is 1.95 bits per heavy atom. The van der Waals surface area contributed by atoms with E-state index in [4.69, 9.17) is 4.74 Å². The van der Waals surface area contributed by atoms with Gasteiger partial charge >= 0.3 is 0 Å². The first-order valence-electron chi connectivity index (χ1n) is 6.70. The first-order valence-corrected chi connectivity index (χ1v) is 6.70. The second-order valence-electron chi connectivity index (χ2n) is 4.85. The Balaban J connectivity index is 2.58. The van der Waals surface area contributed by atoms with Gasteiger partial charge in [0.2, 0.25) is 5.91 Å². The average molecular weight is 264 g/mol. The second-order valence-corrected chi connectivity index (χ2v) is 4.85. The highest BCUT2D eigenvalue weighted by atomic mass is 16.5. The molecule has 19 heavy (non-hydrogen) atoms. The molecule has 4 nitrogen and oxygen atoms in total. The van der Waals surface area contributed by atoms with Crippen LogP contribution in [0, 0.1) is 0 Å². The number of amides is 1. The van der Waals surface area contributed by atoms with Crippen LogP contribution in [0.25, 0.3) is 0 Å². The normalized spacial score (nSPS) is 12.4. The molecule has 1 rings (SSSR count). The average Bonchev–Trinajstić information content (AvgIpc) is 2.39. The molecule has 2 N–H and O–H groups in total. The summed E-state index contributed by atoms with van der Waals surface area (Å²) >= 11 is 0. The zero-order valence-electron chi connectivity index (χ0n) is 12.0. The summed E-state index contributed by atoms with van der Waals surface area (Å²) in [6.45, 7) is 5.16. The van der Waals surface area contributed by atoms with Crippen LogP contribution in [0.1, 0.15) is 19.4 Å². The van der Waals surface area contributed by atoms with Crippen LogP contribution in [0.3, 0.4) is 0 Å². The van der Waals surface area contributed by atoms with Crippen molar-refractivity contribution in [2.45, 2.75) is 32.4 Å². The Labute approximate surface area is 115 Å². The molecule has 1 unspecified atom stereocenters. The van der Waals surface area contributed by atoms with Crippen LogP contribution >= 0.6 is 0 Å². The number of hydrogen-bond acceptors (Lipinski definition) is 3. The molecule has 0 aliphatic heterocycles. The van der Waals surface area contributed by atoms with Crippen LogP contribution in [-0.4, -0.2) is 38.3 Å². The van der Waals surface area contributed by atoms with E-state index in [0.717, 1.165) is 5.56 Å². The number of rotatable bonds is 8. The van der Waals surface area contributed by atoms with Crippen LogP contribution in [0.2, 0.25) is 0 Å². The van der Waals surface area contributed by atoms with Crippen LogP contribution < -0.4 is 10.6 Å². The molecule has 4 heteroatoms. The summed E-state index contributed by atoms with van der Waals surface area (Å²) in [5.74, 6) is 0.0228. The molecule has 1 aromatic carbocycles. The van der Waals surface area contributed by atoms with Gasteiger partial charge in [-0.2, -0.15) is 0 Å². The van der Waals surface area contributed by atoms with E-state index < -0.39 is 0 Å². The van der Waals surface area contributed by atoms with Crippen molar-refractivity contribution in [3.63, 3.8) is 0 Å². The molecule has 0 aliphatic carbocycles. The predicted molar refractivity (Wildman–Crippen MR) is 77.1 cm³/mol. The number of carbonyl (C=O) groups is 1. The van der Waals surface area contributed by atoms with Crippen molar-refractivity contribution in [3.8, 4) is 0 Å². The number of hydrogen-bond donors (Lipinski definition) is 2. The largest absolute Gasteiger partial charge is 0.383 e. The van der Waals surface area contributed by atoms with Gasteiger partial charge < -0.3 is 15.4 Å². The van der Waals surface area contributed by atoms with E-state index in [-0.39, 0.29) is 18.0 Å². The fourth-order valence-electron chi connectivity index (χ4n) is 1.88. The third kappa shape index (κ3) is 6.36. The monoisotopic (exact) mass is 264 g/mol. The summed E-state index contributed by atoms with van der Waals surface area (Å²) in [7, 11) is 1.62. The minimum absolute atomic E-state index is 0.0228. The fourth-order valence-corrected chi connectivity index (χ4v) is 1.88. The summed E-state index contributed by atoms with van der Waals surface area (Å²) in [4.78, 5) is 12.1. The molecule has 1 amide bonds. The molecule has 0 saturated carbocycles. The lowest BCUT2D eigenvalue weighted by molar-refractivity contribution is -0.123. The van der Waals surface area contributed by atoms with E-state index in [9.17, 15) is 4.79 Å². The number of ether oxygens (including phenoxy) is 1. The van der Waals surface area contributed by atoms with Gasteiger partial charge in [0.15, 0.2) is 0 Å². The molecular formula is C15H24N2O2. The van der Waals surface area contributed by atoms with Gasteiger partial charge in [-0.1, -0.05) is 44.2 Å². The highest BCUT2D eigenvalue weighted by Crippen LogP contribution is 2.04. The Morgan fingerprint density at radius 3 is 2.53 bits per heavy atom. The highest BCUT2D eigenvalue weighted by Gasteiger charge is 2.18. The van der Waals surface area contributed by atoms with E-state index in [1.807, 2.05) is 44.2 Å². The van der Waals surface area contributed by atoms with Gasteiger partial charge in [0, 0.05) is 19.7 Å². The van der Waals surface area contributed by atoms with Crippen molar-refractivity contribution in [2.24, 2.45) is 0 Å². The fraction of sp³-hybridized carbons (Fsp3) is 0.533. The number of methoxy groups -OCH3 is 1. The topological polar surface area (TPSA) is 50.4 Å². The van der Waals surface area contributed by atoms with Gasteiger partial charge in [0.1, 0.15) is 0 Å². The minimum Gasteiger partial charge on any atom is -0.383 e. The number of nitrogens with one attached hydrogen (secondary N) is 2. The lowest BCUT2D eigenvalue weighted by Gasteiger charge is -2.21. The summed E-state index contributed by atoms with van der Waals surface area (Å²) in [6, 6.07) is 10.1. The van der Waals surface area contributed by atoms with Crippen molar-refractivity contribution < 1.29 is 9.53 Å². The molecule has 0 aromatic heterocycles. The number of benzene rings is 1. The highest BCUT2D eigenvalue weighted by molar-refractivity contribution is 5.82. The SMILES string of the molecule is COCCNC(=O)C(Cc1ccccc1)NC(C)C. The maximum absolute atomic E-state index is 12.1. The molecule has 106 valence electrons. The van der Waals surface area contributed by atoms with Crippen molar-refractivity contribution in [1.82, 2.24) is 10.6 Å². The van der Waals surface area contributed by atoms with E-state index in [2.05, 4.69) is 10.6 Å². The van der Waals surface area contributed by atoms with Crippen molar-refractivity contribution in [2.75, 3.05) is 20.3 Å². The summed E-state index contributed by atoms with van der Waals surface area (Å²) < 4.78 is 4.94. The molecule has 1 atom stereocenters. The second kappa shape index (κ2) is 8.67. The summed E-state index contributed by atoms with van der Waals surface area (Å²) in [5, 5.41) is 6.18.